The van der Waals surface area contributed by atoms with Gasteiger partial charge in [-0.3, -0.25) is 19.4 Å². The first-order chi connectivity index (χ1) is 15.5. The average molecular weight is 472 g/mol. The number of nitrogens with zero attached hydrogens (tertiary/aromatic N) is 2. The van der Waals surface area contributed by atoms with Gasteiger partial charge in [0.15, 0.2) is 5.96 Å². The average Bonchev–Trinajstić information content (AvgIpc) is 3.23. The van der Waals surface area contributed by atoms with Crippen molar-refractivity contribution in [2.75, 3.05) is 19.7 Å². The van der Waals surface area contributed by atoms with Crippen molar-refractivity contribution >= 4 is 29.7 Å². The minimum Gasteiger partial charge on any atom is -0.480 e. The molecule has 0 aromatic rings. The summed E-state index contributed by atoms with van der Waals surface area (Å²) in [5, 5.41) is 23.9. The number of carboxylic acid groups (broad SMARTS) is 1. The van der Waals surface area contributed by atoms with Crippen molar-refractivity contribution in [3.05, 3.63) is 0 Å². The number of aliphatic imine (C=N–C) groups is 1. The third-order valence-electron chi connectivity index (χ3n) is 5.26. The first kappa shape index (κ1) is 28.1. The van der Waals surface area contributed by atoms with Crippen LogP contribution in [0.15, 0.2) is 4.99 Å². The van der Waals surface area contributed by atoms with E-state index in [-0.39, 0.29) is 31.3 Å². The zero-order valence-electron chi connectivity index (χ0n) is 19.2. The number of aliphatic hydroxyl groups is 1. The predicted octanol–water partition coefficient (Wildman–Crippen LogP) is -2.55. The SMILES string of the molecule is CC(C)CC(NC(=O)C(CO)NC(=O)C(N)CCCN=C(N)N)C(=O)N1CCCC1C(=O)O. The summed E-state index contributed by atoms with van der Waals surface area (Å²) in [5.74, 6) is -3.05. The third kappa shape index (κ3) is 9.22. The van der Waals surface area contributed by atoms with Gasteiger partial charge in [0.25, 0.3) is 0 Å². The molecule has 1 saturated heterocycles. The standard InChI is InChI=1S/C20H37N7O6/c1-11(2)9-13(18(31)27-8-4-6-15(27)19(32)33)25-17(30)14(10-28)26-16(29)12(21)5-3-7-24-20(22)23/h11-15,28H,3-10,21H2,1-2H3,(H,25,30)(H,26,29)(H,32,33)(H4,22,23,24). The van der Waals surface area contributed by atoms with Crippen molar-refractivity contribution in [3.63, 3.8) is 0 Å². The molecule has 4 atom stereocenters. The normalized spacial score (nSPS) is 18.3. The molecule has 0 saturated carbocycles. The topological polar surface area (TPSA) is 226 Å². The van der Waals surface area contributed by atoms with E-state index in [1.807, 2.05) is 13.8 Å². The van der Waals surface area contributed by atoms with Crippen LogP contribution in [-0.2, 0) is 19.2 Å². The summed E-state index contributed by atoms with van der Waals surface area (Å²) >= 11 is 0. The van der Waals surface area contributed by atoms with Gasteiger partial charge in [-0.1, -0.05) is 13.8 Å². The van der Waals surface area contributed by atoms with Gasteiger partial charge in [-0.15, -0.1) is 0 Å². The fourth-order valence-electron chi connectivity index (χ4n) is 3.58. The van der Waals surface area contributed by atoms with Gasteiger partial charge in [-0.2, -0.15) is 0 Å². The highest BCUT2D eigenvalue weighted by Crippen LogP contribution is 2.20. The molecular weight excluding hydrogens is 434 g/mol. The zero-order valence-corrected chi connectivity index (χ0v) is 19.2. The van der Waals surface area contributed by atoms with Crippen molar-refractivity contribution in [3.8, 4) is 0 Å². The lowest BCUT2D eigenvalue weighted by Gasteiger charge is -2.29. The number of guanidine groups is 1. The maximum absolute atomic E-state index is 13.0. The molecule has 0 radical (unpaired) electrons. The number of carbonyl (C=O) groups excluding carboxylic acids is 3. The van der Waals surface area contributed by atoms with Gasteiger partial charge in [-0.05, 0) is 38.0 Å². The van der Waals surface area contributed by atoms with Crippen molar-refractivity contribution < 1.29 is 29.4 Å². The Kier molecular flexibility index (Phi) is 11.6. The van der Waals surface area contributed by atoms with Crippen LogP contribution in [0.3, 0.4) is 0 Å². The molecule has 10 N–H and O–H groups in total. The minimum atomic E-state index is -1.32. The van der Waals surface area contributed by atoms with Gasteiger partial charge >= 0.3 is 5.97 Å². The lowest BCUT2D eigenvalue weighted by Crippen LogP contribution is -2.58. The summed E-state index contributed by atoms with van der Waals surface area (Å²) in [6.07, 6.45) is 1.86. The number of nitrogens with one attached hydrogen (secondary N) is 2. The van der Waals surface area contributed by atoms with Crippen LogP contribution >= 0.6 is 0 Å². The van der Waals surface area contributed by atoms with Crippen LogP contribution in [0.25, 0.3) is 0 Å². The Labute approximate surface area is 193 Å². The summed E-state index contributed by atoms with van der Waals surface area (Å²) in [4.78, 5) is 54.6. The quantitative estimate of drug-likeness (QED) is 0.0850. The van der Waals surface area contributed by atoms with Crippen molar-refractivity contribution in [1.29, 1.82) is 0 Å². The Balaban J connectivity index is 2.77. The number of likely N-dealkylation sites (tertiary alicyclic amines) is 1. The number of amides is 3. The minimum absolute atomic E-state index is 0.0194. The van der Waals surface area contributed by atoms with Crippen LogP contribution in [-0.4, -0.2) is 88.6 Å². The van der Waals surface area contributed by atoms with E-state index in [0.29, 0.717) is 25.8 Å². The van der Waals surface area contributed by atoms with Gasteiger partial charge in [0.1, 0.15) is 18.1 Å². The number of nitrogens with two attached hydrogens (primary N) is 3. The largest absolute Gasteiger partial charge is 0.480 e. The first-order valence-electron chi connectivity index (χ1n) is 11.0. The molecule has 1 fully saturated rings. The van der Waals surface area contributed by atoms with E-state index in [0.717, 1.165) is 0 Å². The lowest BCUT2D eigenvalue weighted by molar-refractivity contribution is -0.149. The van der Waals surface area contributed by atoms with Crippen LogP contribution in [0, 0.1) is 5.92 Å². The molecule has 0 aromatic heterocycles. The molecule has 33 heavy (non-hydrogen) atoms. The first-order valence-corrected chi connectivity index (χ1v) is 11.0. The molecule has 1 aliphatic heterocycles. The van der Waals surface area contributed by atoms with E-state index in [9.17, 15) is 29.4 Å². The smallest absolute Gasteiger partial charge is 0.326 e. The van der Waals surface area contributed by atoms with Crippen molar-refractivity contribution in [2.45, 2.75) is 70.1 Å². The summed E-state index contributed by atoms with van der Waals surface area (Å²) < 4.78 is 0. The molecular formula is C20H37N7O6. The number of hydrogen-bond donors (Lipinski definition) is 7. The maximum atomic E-state index is 13.0. The molecule has 0 spiro atoms. The summed E-state index contributed by atoms with van der Waals surface area (Å²) in [5.41, 5.74) is 16.3. The number of aliphatic carboxylic acids is 1. The number of carboxylic acids is 1. The van der Waals surface area contributed by atoms with E-state index >= 15 is 0 Å². The highest BCUT2D eigenvalue weighted by Gasteiger charge is 2.38. The Morgan fingerprint density at radius 3 is 2.30 bits per heavy atom. The van der Waals surface area contributed by atoms with Gasteiger partial charge in [0.2, 0.25) is 17.7 Å². The van der Waals surface area contributed by atoms with Gasteiger partial charge < -0.3 is 42.9 Å². The number of aliphatic hydroxyl groups excluding tert-OH is 1. The number of rotatable bonds is 13. The Hall–Kier alpha value is -2.93. The molecule has 188 valence electrons. The Morgan fingerprint density at radius 2 is 1.76 bits per heavy atom. The molecule has 1 aliphatic rings. The highest BCUT2D eigenvalue weighted by molar-refractivity contribution is 5.94. The maximum Gasteiger partial charge on any atom is 0.326 e. The molecule has 3 amide bonds. The monoisotopic (exact) mass is 471 g/mol. The van der Waals surface area contributed by atoms with E-state index < -0.39 is 54.5 Å². The molecule has 0 bridgehead atoms. The fourth-order valence-corrected chi connectivity index (χ4v) is 3.58. The van der Waals surface area contributed by atoms with Crippen LogP contribution in [0.2, 0.25) is 0 Å². The van der Waals surface area contributed by atoms with Crippen LogP contribution in [0.1, 0.15) is 46.0 Å². The van der Waals surface area contributed by atoms with Gasteiger partial charge in [0, 0.05) is 13.1 Å². The zero-order chi connectivity index (χ0) is 25.1. The Bertz CT molecular complexity index is 726. The van der Waals surface area contributed by atoms with Crippen LogP contribution in [0.4, 0.5) is 0 Å². The second-order valence-electron chi connectivity index (χ2n) is 8.52. The summed E-state index contributed by atoms with van der Waals surface area (Å²) in [6.45, 7) is 3.59. The second kappa shape index (κ2) is 13.6. The highest BCUT2D eigenvalue weighted by atomic mass is 16.4. The van der Waals surface area contributed by atoms with E-state index in [4.69, 9.17) is 17.2 Å². The molecule has 0 aromatic carbocycles. The van der Waals surface area contributed by atoms with E-state index in [2.05, 4.69) is 15.6 Å². The van der Waals surface area contributed by atoms with Gasteiger partial charge in [-0.25, -0.2) is 4.79 Å². The van der Waals surface area contributed by atoms with E-state index in [1.54, 1.807) is 0 Å². The second-order valence-corrected chi connectivity index (χ2v) is 8.52. The lowest BCUT2D eigenvalue weighted by atomic mass is 10.0. The molecule has 13 heteroatoms. The summed E-state index contributed by atoms with van der Waals surface area (Å²) in [7, 11) is 0. The molecule has 1 heterocycles. The molecule has 13 nitrogen and oxygen atoms in total. The number of carbonyl (C=O) groups is 4. The summed E-state index contributed by atoms with van der Waals surface area (Å²) in [6, 6.07) is -4.20. The van der Waals surface area contributed by atoms with Crippen LogP contribution < -0.4 is 27.8 Å². The molecule has 4 unspecified atom stereocenters. The fraction of sp³-hybridized carbons (Fsp3) is 0.750. The van der Waals surface area contributed by atoms with Crippen molar-refractivity contribution in [1.82, 2.24) is 15.5 Å². The molecule has 0 aliphatic carbocycles. The van der Waals surface area contributed by atoms with Crippen LogP contribution in [0.5, 0.6) is 0 Å². The molecule has 1 rings (SSSR count). The Morgan fingerprint density at radius 1 is 1.12 bits per heavy atom. The number of hydrogen-bond acceptors (Lipinski definition) is 7. The van der Waals surface area contributed by atoms with Crippen molar-refractivity contribution in [2.24, 2.45) is 28.1 Å². The van der Waals surface area contributed by atoms with E-state index in [1.165, 1.54) is 4.90 Å². The predicted molar refractivity (Wildman–Crippen MR) is 121 cm³/mol. The van der Waals surface area contributed by atoms with Gasteiger partial charge in [0.05, 0.1) is 12.6 Å². The third-order valence-corrected chi connectivity index (χ3v) is 5.26.